The van der Waals surface area contributed by atoms with Crippen LogP contribution in [0.1, 0.15) is 24.2 Å². The Kier molecular flexibility index (Phi) is 5.46. The van der Waals surface area contributed by atoms with E-state index in [2.05, 4.69) is 5.32 Å². The number of halogens is 1. The standard InChI is InChI=1S/C18H18ClNO4/c1-18(2,17(22)23)11-24-13-9-7-12(8-10-13)16(21)20-15-6-4-3-5-14(15)19/h3-10H,11H2,1-2H3,(H,20,21)(H,22,23). The van der Waals surface area contributed by atoms with Crippen LogP contribution in [0.15, 0.2) is 48.5 Å². The van der Waals surface area contributed by atoms with Gasteiger partial charge in [-0.05, 0) is 50.2 Å². The van der Waals surface area contributed by atoms with Gasteiger partial charge in [0.1, 0.15) is 12.4 Å². The molecule has 0 aliphatic heterocycles. The molecule has 2 aromatic carbocycles. The van der Waals surface area contributed by atoms with Crippen LogP contribution in [0, 0.1) is 5.41 Å². The number of anilines is 1. The lowest BCUT2D eigenvalue weighted by Crippen LogP contribution is -2.30. The summed E-state index contributed by atoms with van der Waals surface area (Å²) in [6.07, 6.45) is 0. The number of rotatable bonds is 6. The highest BCUT2D eigenvalue weighted by Gasteiger charge is 2.28. The van der Waals surface area contributed by atoms with Gasteiger partial charge in [-0.3, -0.25) is 9.59 Å². The fourth-order valence-corrected chi connectivity index (χ4v) is 1.97. The number of amides is 1. The maximum atomic E-state index is 12.2. The number of carbonyl (C=O) groups is 2. The molecule has 0 aliphatic rings. The monoisotopic (exact) mass is 347 g/mol. The average molecular weight is 348 g/mol. The van der Waals surface area contributed by atoms with Crippen LogP contribution in [0.2, 0.25) is 5.02 Å². The second-order valence-electron chi connectivity index (χ2n) is 5.94. The van der Waals surface area contributed by atoms with Crippen LogP contribution in [0.4, 0.5) is 5.69 Å². The first-order valence-electron chi connectivity index (χ1n) is 7.32. The van der Waals surface area contributed by atoms with Gasteiger partial charge in [-0.15, -0.1) is 0 Å². The number of carboxylic acids is 1. The van der Waals surface area contributed by atoms with Crippen molar-refractivity contribution in [3.8, 4) is 5.75 Å². The van der Waals surface area contributed by atoms with Gasteiger partial charge in [0.25, 0.3) is 5.91 Å². The van der Waals surface area contributed by atoms with Crippen LogP contribution in [-0.4, -0.2) is 23.6 Å². The highest BCUT2D eigenvalue weighted by molar-refractivity contribution is 6.33. The van der Waals surface area contributed by atoms with E-state index < -0.39 is 11.4 Å². The maximum Gasteiger partial charge on any atom is 0.312 e. The van der Waals surface area contributed by atoms with Gasteiger partial charge in [0.2, 0.25) is 0 Å². The van der Waals surface area contributed by atoms with Crippen LogP contribution in [0.25, 0.3) is 0 Å². The molecule has 2 rings (SSSR count). The van der Waals surface area contributed by atoms with Crippen molar-refractivity contribution >= 4 is 29.2 Å². The van der Waals surface area contributed by atoms with Gasteiger partial charge < -0.3 is 15.2 Å². The Hall–Kier alpha value is -2.53. The van der Waals surface area contributed by atoms with Gasteiger partial charge in [-0.25, -0.2) is 0 Å². The van der Waals surface area contributed by atoms with Crippen molar-refractivity contribution in [1.29, 1.82) is 0 Å². The number of para-hydroxylation sites is 1. The summed E-state index contributed by atoms with van der Waals surface area (Å²) in [5.41, 5.74) is -0.00687. The van der Waals surface area contributed by atoms with Gasteiger partial charge in [-0.2, -0.15) is 0 Å². The summed E-state index contributed by atoms with van der Waals surface area (Å²) in [5.74, 6) is -0.725. The molecule has 0 bridgehead atoms. The van der Waals surface area contributed by atoms with E-state index in [1.54, 1.807) is 62.4 Å². The van der Waals surface area contributed by atoms with Crippen molar-refractivity contribution < 1.29 is 19.4 Å². The molecular formula is C18H18ClNO4. The molecule has 0 saturated carbocycles. The van der Waals surface area contributed by atoms with Crippen molar-refractivity contribution in [2.75, 3.05) is 11.9 Å². The zero-order valence-electron chi connectivity index (χ0n) is 13.4. The molecule has 0 atom stereocenters. The molecule has 0 aromatic heterocycles. The molecule has 0 unspecified atom stereocenters. The largest absolute Gasteiger partial charge is 0.492 e. The molecule has 5 nitrogen and oxygen atoms in total. The first kappa shape index (κ1) is 17.8. The number of aliphatic carboxylic acids is 1. The molecule has 2 N–H and O–H groups in total. The van der Waals surface area contributed by atoms with E-state index in [9.17, 15) is 9.59 Å². The normalized spacial score (nSPS) is 11.0. The fourth-order valence-electron chi connectivity index (χ4n) is 1.79. The summed E-state index contributed by atoms with van der Waals surface area (Å²) < 4.78 is 5.47. The molecule has 24 heavy (non-hydrogen) atoms. The average Bonchev–Trinajstić information content (AvgIpc) is 2.55. The molecule has 1 amide bonds. The number of carbonyl (C=O) groups excluding carboxylic acids is 1. The van der Waals surface area contributed by atoms with Crippen molar-refractivity contribution in [2.45, 2.75) is 13.8 Å². The smallest absolute Gasteiger partial charge is 0.312 e. The third kappa shape index (κ3) is 4.49. The summed E-state index contributed by atoms with van der Waals surface area (Å²) in [6.45, 7) is 3.20. The van der Waals surface area contributed by atoms with Crippen LogP contribution < -0.4 is 10.1 Å². The van der Waals surface area contributed by atoms with Gasteiger partial charge >= 0.3 is 5.97 Å². The summed E-state index contributed by atoms with van der Waals surface area (Å²) in [6, 6.07) is 13.4. The lowest BCUT2D eigenvalue weighted by molar-refractivity contribution is -0.148. The predicted octanol–water partition coefficient (Wildman–Crippen LogP) is 4.08. The van der Waals surface area contributed by atoms with Crippen molar-refractivity contribution in [3.05, 3.63) is 59.1 Å². The highest BCUT2D eigenvalue weighted by Crippen LogP contribution is 2.22. The van der Waals surface area contributed by atoms with Crippen molar-refractivity contribution in [3.63, 3.8) is 0 Å². The van der Waals surface area contributed by atoms with E-state index in [4.69, 9.17) is 21.4 Å². The van der Waals surface area contributed by atoms with Gasteiger partial charge in [0, 0.05) is 5.56 Å². The molecule has 0 fully saturated rings. The number of nitrogens with one attached hydrogen (secondary N) is 1. The molecule has 0 spiro atoms. The summed E-state index contributed by atoms with van der Waals surface area (Å²) >= 11 is 6.01. The molecular weight excluding hydrogens is 330 g/mol. The highest BCUT2D eigenvalue weighted by atomic mass is 35.5. The lowest BCUT2D eigenvalue weighted by Gasteiger charge is -2.19. The Bertz CT molecular complexity index is 741. The first-order chi connectivity index (χ1) is 11.3. The molecule has 2 aromatic rings. The van der Waals surface area contributed by atoms with E-state index in [0.717, 1.165) is 0 Å². The molecule has 0 aliphatic carbocycles. The van der Waals surface area contributed by atoms with Crippen molar-refractivity contribution in [2.24, 2.45) is 5.41 Å². The second-order valence-corrected chi connectivity index (χ2v) is 6.34. The minimum absolute atomic E-state index is 0.0352. The minimum Gasteiger partial charge on any atom is -0.492 e. The third-order valence-electron chi connectivity index (χ3n) is 3.42. The Morgan fingerprint density at radius 3 is 2.33 bits per heavy atom. The SMILES string of the molecule is CC(C)(COc1ccc(C(=O)Nc2ccccc2Cl)cc1)C(=O)O. The van der Waals surface area contributed by atoms with Gasteiger partial charge in [0.05, 0.1) is 16.1 Å². The van der Waals surface area contributed by atoms with Gasteiger partial charge in [0.15, 0.2) is 0 Å². The maximum absolute atomic E-state index is 12.2. The van der Waals surface area contributed by atoms with Crippen LogP contribution >= 0.6 is 11.6 Å². The van der Waals surface area contributed by atoms with Crippen LogP contribution in [0.3, 0.4) is 0 Å². The van der Waals surface area contributed by atoms with Crippen LogP contribution in [0.5, 0.6) is 5.75 Å². The summed E-state index contributed by atoms with van der Waals surface area (Å²) in [5, 5.41) is 12.2. The fraction of sp³-hybridized carbons (Fsp3) is 0.222. The Balaban J connectivity index is 2.00. The Morgan fingerprint density at radius 2 is 1.75 bits per heavy atom. The van der Waals surface area contributed by atoms with Gasteiger partial charge in [-0.1, -0.05) is 23.7 Å². The van der Waals surface area contributed by atoms with Crippen LogP contribution in [-0.2, 0) is 4.79 Å². The molecule has 0 radical (unpaired) electrons. The molecule has 0 heterocycles. The van der Waals surface area contributed by atoms with E-state index in [1.165, 1.54) is 0 Å². The van der Waals surface area contributed by atoms with E-state index in [1.807, 2.05) is 0 Å². The zero-order valence-corrected chi connectivity index (χ0v) is 14.1. The Labute approximate surface area is 145 Å². The number of benzene rings is 2. The number of hydrogen-bond donors (Lipinski definition) is 2. The predicted molar refractivity (Wildman–Crippen MR) is 92.8 cm³/mol. The quantitative estimate of drug-likeness (QED) is 0.825. The minimum atomic E-state index is -0.986. The topological polar surface area (TPSA) is 75.6 Å². The zero-order chi connectivity index (χ0) is 17.7. The molecule has 0 saturated heterocycles. The summed E-state index contributed by atoms with van der Waals surface area (Å²) in [4.78, 5) is 23.2. The second kappa shape index (κ2) is 7.36. The van der Waals surface area contributed by atoms with E-state index in [0.29, 0.717) is 22.0 Å². The number of hydrogen-bond acceptors (Lipinski definition) is 3. The first-order valence-corrected chi connectivity index (χ1v) is 7.69. The molecule has 126 valence electrons. The third-order valence-corrected chi connectivity index (χ3v) is 3.75. The number of carboxylic acid groups (broad SMARTS) is 1. The van der Waals surface area contributed by atoms with E-state index >= 15 is 0 Å². The summed E-state index contributed by atoms with van der Waals surface area (Å²) in [7, 11) is 0. The van der Waals surface area contributed by atoms with Crippen molar-refractivity contribution in [1.82, 2.24) is 0 Å². The van der Waals surface area contributed by atoms with E-state index in [-0.39, 0.29) is 12.5 Å². The molecule has 6 heteroatoms. The number of ether oxygens (including phenoxy) is 1. The lowest BCUT2D eigenvalue weighted by atomic mass is 9.95. The Morgan fingerprint density at radius 1 is 1.12 bits per heavy atom.